The van der Waals surface area contributed by atoms with Gasteiger partial charge in [-0.1, -0.05) is 24.5 Å². The van der Waals surface area contributed by atoms with Crippen LogP contribution in [0.3, 0.4) is 0 Å². The summed E-state index contributed by atoms with van der Waals surface area (Å²) in [6.45, 7) is 3.98. The van der Waals surface area contributed by atoms with Crippen LogP contribution >= 0.6 is 0 Å². The average Bonchev–Trinajstić information content (AvgIpc) is 3.08. The molecule has 7 nitrogen and oxygen atoms in total. The van der Waals surface area contributed by atoms with Crippen LogP contribution in [0.15, 0.2) is 12.4 Å². The molecule has 2 amide bonds. The smallest absolute Gasteiger partial charge is 0.315 e. The number of rotatable bonds is 6. The van der Waals surface area contributed by atoms with E-state index in [9.17, 15) is 4.79 Å². The number of ether oxygens (including phenoxy) is 1. The number of nitrogens with one attached hydrogen (secondary N) is 2. The van der Waals surface area contributed by atoms with E-state index in [2.05, 4.69) is 20.9 Å². The van der Waals surface area contributed by atoms with Crippen LogP contribution in [0.4, 0.5) is 4.79 Å². The number of hydrogen-bond donors (Lipinski definition) is 2. The zero-order chi connectivity index (χ0) is 16.1. The fraction of sp³-hybridized carbons (Fsp3) is 0.812. The fourth-order valence-electron chi connectivity index (χ4n) is 4.11. The van der Waals surface area contributed by atoms with E-state index in [-0.39, 0.29) is 17.5 Å². The van der Waals surface area contributed by atoms with Gasteiger partial charge in [0.1, 0.15) is 0 Å². The summed E-state index contributed by atoms with van der Waals surface area (Å²) in [4.78, 5) is 12.2. The highest BCUT2D eigenvalue weighted by Gasteiger charge is 2.56. The van der Waals surface area contributed by atoms with Crippen molar-refractivity contribution in [2.45, 2.75) is 64.1 Å². The summed E-state index contributed by atoms with van der Waals surface area (Å²) in [6.07, 6.45) is 10.8. The number of urea groups is 1. The predicted octanol–water partition coefficient (Wildman–Crippen LogP) is 1.71. The predicted molar refractivity (Wildman–Crippen MR) is 85.9 cm³/mol. The van der Waals surface area contributed by atoms with E-state index in [0.717, 1.165) is 13.0 Å². The van der Waals surface area contributed by atoms with Gasteiger partial charge in [0.2, 0.25) is 0 Å². The molecule has 2 saturated carbocycles. The van der Waals surface area contributed by atoms with Crippen LogP contribution in [0, 0.1) is 5.41 Å². The van der Waals surface area contributed by atoms with Crippen LogP contribution in [-0.4, -0.2) is 46.3 Å². The van der Waals surface area contributed by atoms with Crippen LogP contribution in [-0.2, 0) is 11.3 Å². The molecule has 0 aromatic carbocycles. The molecule has 0 radical (unpaired) electrons. The second-order valence-corrected chi connectivity index (χ2v) is 6.59. The van der Waals surface area contributed by atoms with E-state index < -0.39 is 0 Å². The highest BCUT2D eigenvalue weighted by Crippen LogP contribution is 2.53. The highest BCUT2D eigenvalue weighted by atomic mass is 16.5. The van der Waals surface area contributed by atoms with Gasteiger partial charge in [-0.25, -0.2) is 4.79 Å². The summed E-state index contributed by atoms with van der Waals surface area (Å²) in [5, 5.41) is 13.7. The van der Waals surface area contributed by atoms with Gasteiger partial charge >= 0.3 is 6.03 Å². The maximum Gasteiger partial charge on any atom is 0.315 e. The molecule has 1 spiro atoms. The van der Waals surface area contributed by atoms with Crippen molar-refractivity contribution in [3.63, 3.8) is 0 Å². The third-order valence-electron chi connectivity index (χ3n) is 5.34. The maximum absolute atomic E-state index is 12.2. The number of nitrogens with zero attached hydrogens (tertiary/aromatic N) is 3. The van der Waals surface area contributed by atoms with Crippen molar-refractivity contribution < 1.29 is 9.53 Å². The van der Waals surface area contributed by atoms with E-state index in [0.29, 0.717) is 19.2 Å². The molecule has 128 valence electrons. The molecule has 2 atom stereocenters. The lowest BCUT2D eigenvalue weighted by molar-refractivity contribution is -0.146. The molecule has 0 bridgehead atoms. The first-order valence-electron chi connectivity index (χ1n) is 8.74. The lowest BCUT2D eigenvalue weighted by Gasteiger charge is -2.57. The molecule has 2 fully saturated rings. The van der Waals surface area contributed by atoms with Gasteiger partial charge in [0.05, 0.1) is 18.8 Å². The number of aromatic nitrogens is 3. The fourth-order valence-corrected chi connectivity index (χ4v) is 4.11. The van der Waals surface area contributed by atoms with Gasteiger partial charge in [0.15, 0.2) is 0 Å². The summed E-state index contributed by atoms with van der Waals surface area (Å²) in [7, 11) is 0. The minimum absolute atomic E-state index is 0.0880. The van der Waals surface area contributed by atoms with Gasteiger partial charge in [-0.05, 0) is 26.2 Å². The zero-order valence-electron chi connectivity index (χ0n) is 13.8. The first-order chi connectivity index (χ1) is 11.2. The maximum atomic E-state index is 12.2. The van der Waals surface area contributed by atoms with Crippen molar-refractivity contribution in [1.82, 2.24) is 25.6 Å². The number of carbonyl (C=O) groups is 1. The quantitative estimate of drug-likeness (QED) is 0.836. The summed E-state index contributed by atoms with van der Waals surface area (Å²) >= 11 is 0. The Morgan fingerprint density at radius 2 is 2.22 bits per heavy atom. The third-order valence-corrected chi connectivity index (χ3v) is 5.34. The first-order valence-corrected chi connectivity index (χ1v) is 8.74. The molecule has 2 aliphatic rings. The van der Waals surface area contributed by atoms with E-state index in [1.165, 1.54) is 32.1 Å². The molecular formula is C16H27N5O2. The minimum atomic E-state index is -0.0880. The Balaban J connectivity index is 1.47. The van der Waals surface area contributed by atoms with E-state index in [1.807, 2.05) is 6.92 Å². The van der Waals surface area contributed by atoms with Crippen LogP contribution in [0.5, 0.6) is 0 Å². The molecule has 1 heterocycles. The molecule has 1 aromatic rings. The molecular weight excluding hydrogens is 294 g/mol. The Kier molecular flexibility index (Phi) is 5.15. The zero-order valence-corrected chi connectivity index (χ0v) is 13.8. The number of amides is 2. The van der Waals surface area contributed by atoms with E-state index in [1.54, 1.807) is 17.1 Å². The summed E-state index contributed by atoms with van der Waals surface area (Å²) < 4.78 is 7.63. The molecule has 2 N–H and O–H groups in total. The first kappa shape index (κ1) is 16.2. The van der Waals surface area contributed by atoms with Crippen molar-refractivity contribution in [3.05, 3.63) is 12.4 Å². The van der Waals surface area contributed by atoms with Crippen molar-refractivity contribution in [2.24, 2.45) is 5.41 Å². The molecule has 2 aliphatic carbocycles. The topological polar surface area (TPSA) is 81.1 Å². The molecule has 0 aliphatic heterocycles. The Morgan fingerprint density at radius 3 is 2.91 bits per heavy atom. The second-order valence-electron chi connectivity index (χ2n) is 6.59. The molecule has 3 rings (SSSR count). The summed E-state index contributed by atoms with van der Waals surface area (Å²) in [5.41, 5.74) is 0.164. The van der Waals surface area contributed by atoms with Gasteiger partial charge in [0.25, 0.3) is 0 Å². The normalized spacial score (nSPS) is 25.8. The monoisotopic (exact) mass is 321 g/mol. The van der Waals surface area contributed by atoms with Gasteiger partial charge in [-0.15, -0.1) is 5.10 Å². The summed E-state index contributed by atoms with van der Waals surface area (Å²) in [5.74, 6) is 0. The van der Waals surface area contributed by atoms with Gasteiger partial charge < -0.3 is 15.4 Å². The van der Waals surface area contributed by atoms with Gasteiger partial charge in [-0.2, -0.15) is 0 Å². The van der Waals surface area contributed by atoms with E-state index >= 15 is 0 Å². The van der Waals surface area contributed by atoms with Crippen molar-refractivity contribution >= 4 is 6.03 Å². The van der Waals surface area contributed by atoms with Crippen LogP contribution in [0.1, 0.15) is 45.4 Å². The highest BCUT2D eigenvalue weighted by molar-refractivity contribution is 5.74. The second kappa shape index (κ2) is 7.29. The lowest BCUT2D eigenvalue weighted by atomic mass is 9.55. The van der Waals surface area contributed by atoms with Crippen LogP contribution in [0.25, 0.3) is 0 Å². The molecule has 23 heavy (non-hydrogen) atoms. The molecule has 0 saturated heterocycles. The summed E-state index contributed by atoms with van der Waals surface area (Å²) in [6, 6.07) is 0.153. The lowest BCUT2D eigenvalue weighted by Crippen LogP contribution is -2.66. The van der Waals surface area contributed by atoms with Crippen molar-refractivity contribution in [2.75, 3.05) is 13.2 Å². The number of carbonyl (C=O) groups excluding carboxylic acids is 1. The van der Waals surface area contributed by atoms with Gasteiger partial charge in [-0.3, -0.25) is 4.68 Å². The largest absolute Gasteiger partial charge is 0.378 e. The standard InChI is InChI=1S/C16H27N5O2/c1-2-23-14-12-13(16(14)6-4-3-5-7-16)19-15(22)17-8-10-21-11-9-18-20-21/h9,11,13-14H,2-8,10,12H2,1H3,(H2,17,19,22). The van der Waals surface area contributed by atoms with Crippen LogP contribution < -0.4 is 10.6 Å². The Bertz CT molecular complexity index is 499. The molecule has 1 aromatic heterocycles. The minimum Gasteiger partial charge on any atom is -0.378 e. The molecule has 7 heteroatoms. The third kappa shape index (κ3) is 3.49. The average molecular weight is 321 g/mol. The SMILES string of the molecule is CCOC1CC(NC(=O)NCCn2ccnn2)C12CCCCC2. The Morgan fingerprint density at radius 1 is 1.39 bits per heavy atom. The van der Waals surface area contributed by atoms with Crippen molar-refractivity contribution in [3.8, 4) is 0 Å². The Labute approximate surface area is 137 Å². The number of hydrogen-bond acceptors (Lipinski definition) is 4. The Hall–Kier alpha value is -1.63. The molecule has 2 unspecified atom stereocenters. The van der Waals surface area contributed by atoms with Gasteiger partial charge in [0, 0.05) is 30.8 Å². The van der Waals surface area contributed by atoms with E-state index in [4.69, 9.17) is 4.74 Å². The van der Waals surface area contributed by atoms with Crippen LogP contribution in [0.2, 0.25) is 0 Å². The van der Waals surface area contributed by atoms with Crippen molar-refractivity contribution in [1.29, 1.82) is 0 Å².